The van der Waals surface area contributed by atoms with Crippen molar-refractivity contribution in [2.45, 2.75) is 18.4 Å². The molecule has 22 heavy (non-hydrogen) atoms. The van der Waals surface area contributed by atoms with E-state index in [0.717, 1.165) is 21.2 Å². The number of ketones is 1. The molecule has 0 radical (unpaired) electrons. The van der Waals surface area contributed by atoms with Crippen molar-refractivity contribution in [3.8, 4) is 11.3 Å². The smallest absolute Gasteiger partial charge is 0.171 e. The maximum absolute atomic E-state index is 12.2. The highest BCUT2D eigenvalue weighted by atomic mass is 32.2. The summed E-state index contributed by atoms with van der Waals surface area (Å²) >= 11 is 0. The molecule has 6 nitrogen and oxygen atoms in total. The number of allylic oxidation sites excluding steroid dienone is 1. The van der Waals surface area contributed by atoms with Crippen LogP contribution in [0.25, 0.3) is 17.5 Å². The Kier molecular flexibility index (Phi) is 4.00. The molecule has 0 spiro atoms. The van der Waals surface area contributed by atoms with E-state index >= 15 is 0 Å². The van der Waals surface area contributed by atoms with Crippen LogP contribution in [0.2, 0.25) is 0 Å². The number of hydrogen-bond acceptors (Lipinski definition) is 4. The summed E-state index contributed by atoms with van der Waals surface area (Å²) in [7, 11) is 3.08. The van der Waals surface area contributed by atoms with Crippen LogP contribution in [0.1, 0.15) is 13.3 Å². The Hall–Kier alpha value is -2.12. The third-order valence-corrected chi connectivity index (χ3v) is 5.18. The third kappa shape index (κ3) is 2.53. The van der Waals surface area contributed by atoms with Crippen molar-refractivity contribution in [3.63, 3.8) is 0 Å². The van der Waals surface area contributed by atoms with Gasteiger partial charge in [0.05, 0.1) is 4.91 Å². The van der Waals surface area contributed by atoms with Crippen molar-refractivity contribution in [1.82, 2.24) is 19.5 Å². The monoisotopic (exact) mass is 315 g/mol. The number of aromatic nitrogens is 3. The summed E-state index contributed by atoms with van der Waals surface area (Å²) in [6, 6.07) is 3.84. The predicted octanol–water partition coefficient (Wildman–Crippen LogP) is 2.37. The van der Waals surface area contributed by atoms with E-state index in [0.29, 0.717) is 6.42 Å². The number of fused-ring (bicyclic) bond motifs is 1. The van der Waals surface area contributed by atoms with Crippen LogP contribution in [0, 0.1) is 0 Å². The Labute approximate surface area is 131 Å². The van der Waals surface area contributed by atoms with E-state index in [1.807, 2.05) is 43.9 Å². The topological polar surface area (TPSA) is 63.4 Å². The van der Waals surface area contributed by atoms with E-state index in [1.165, 1.54) is 0 Å². The van der Waals surface area contributed by atoms with Gasteiger partial charge < -0.3 is 0 Å². The minimum atomic E-state index is -0.646. The minimum Gasteiger partial charge on any atom is -0.298 e. The average molecular weight is 315 g/mol. The highest BCUT2D eigenvalue weighted by Crippen LogP contribution is 2.34. The first-order chi connectivity index (χ1) is 10.6. The number of rotatable bonds is 4. The summed E-state index contributed by atoms with van der Waals surface area (Å²) in [5, 5.41) is 2.69. The molecule has 1 unspecified atom stereocenters. The lowest BCUT2D eigenvalue weighted by Gasteiger charge is -2.09. The Morgan fingerprint density at radius 1 is 1.45 bits per heavy atom. The first kappa shape index (κ1) is 14.8. The van der Waals surface area contributed by atoms with Gasteiger partial charge in [-0.15, -0.1) is 0 Å². The third-order valence-electron chi connectivity index (χ3n) is 3.17. The van der Waals surface area contributed by atoms with Crippen LogP contribution in [0.3, 0.4) is 0 Å². The fourth-order valence-corrected chi connectivity index (χ4v) is 4.14. The van der Waals surface area contributed by atoms with Gasteiger partial charge in [0.2, 0.25) is 0 Å². The molecular formula is C15H17N5OS. The Balaban J connectivity index is 2.15. The summed E-state index contributed by atoms with van der Waals surface area (Å²) in [5.74, 6) is 0.120. The SMILES string of the molecule is CCC(=O)C1=Cn2cnc(-c3cccnc3)c2S1=NN(C)C. The molecule has 0 bridgehead atoms. The molecule has 0 saturated heterocycles. The van der Waals surface area contributed by atoms with Crippen molar-refractivity contribution in [1.29, 1.82) is 0 Å². The zero-order valence-corrected chi connectivity index (χ0v) is 13.5. The van der Waals surface area contributed by atoms with Gasteiger partial charge in [-0.3, -0.25) is 14.3 Å². The number of Topliss-reactive ketones (excluding diaryl/α,β-unsaturated/α-hetero) is 1. The standard InChI is InChI=1S/C15H17N5OS/c1-4-12(21)13-9-20-10-17-14(11-6-5-7-16-8-11)15(20)22(13)18-19(2)3/h5-10H,4H2,1-3H3. The predicted molar refractivity (Wildman–Crippen MR) is 86.8 cm³/mol. The minimum absolute atomic E-state index is 0.120. The van der Waals surface area contributed by atoms with Crippen LogP contribution in [-0.2, 0) is 15.5 Å². The fraction of sp³-hybridized carbons (Fsp3) is 0.267. The second-order valence-corrected chi connectivity index (χ2v) is 6.59. The zero-order valence-electron chi connectivity index (χ0n) is 12.7. The molecule has 7 heteroatoms. The highest BCUT2D eigenvalue weighted by molar-refractivity contribution is 7.92. The summed E-state index contributed by atoms with van der Waals surface area (Å²) < 4.78 is 6.52. The van der Waals surface area contributed by atoms with Crippen LogP contribution >= 0.6 is 0 Å². The second-order valence-electron chi connectivity index (χ2n) is 5.03. The van der Waals surface area contributed by atoms with Crippen molar-refractivity contribution >= 4 is 22.7 Å². The molecule has 0 fully saturated rings. The molecule has 0 saturated carbocycles. The molecule has 114 valence electrons. The second kappa shape index (κ2) is 5.94. The molecule has 0 aromatic carbocycles. The number of carbonyl (C=O) groups is 1. The molecule has 1 aliphatic heterocycles. The van der Waals surface area contributed by atoms with Crippen LogP contribution in [0.5, 0.6) is 0 Å². The van der Waals surface area contributed by atoms with E-state index in [9.17, 15) is 4.79 Å². The molecular weight excluding hydrogens is 298 g/mol. The molecule has 0 amide bonds. The maximum Gasteiger partial charge on any atom is 0.171 e. The lowest BCUT2D eigenvalue weighted by atomic mass is 10.2. The van der Waals surface area contributed by atoms with E-state index in [1.54, 1.807) is 23.7 Å². The van der Waals surface area contributed by atoms with Crippen molar-refractivity contribution < 1.29 is 4.79 Å². The zero-order chi connectivity index (χ0) is 15.7. The number of pyridine rings is 1. The maximum atomic E-state index is 12.2. The van der Waals surface area contributed by atoms with Crippen LogP contribution < -0.4 is 0 Å². The number of imidazole rings is 1. The largest absolute Gasteiger partial charge is 0.298 e. The molecule has 2 aromatic rings. The normalized spacial score (nSPS) is 16.9. The summed E-state index contributed by atoms with van der Waals surface area (Å²) in [6.07, 6.45) is 7.57. The lowest BCUT2D eigenvalue weighted by molar-refractivity contribution is -0.114. The van der Waals surface area contributed by atoms with Crippen LogP contribution in [0.4, 0.5) is 0 Å². The van der Waals surface area contributed by atoms with Crippen LogP contribution in [-0.4, -0.2) is 39.4 Å². The summed E-state index contributed by atoms with van der Waals surface area (Å²) in [5.41, 5.74) is 1.76. The average Bonchev–Trinajstić information content (AvgIpc) is 3.07. The summed E-state index contributed by atoms with van der Waals surface area (Å²) in [6.45, 7) is 1.87. The van der Waals surface area contributed by atoms with Crippen molar-refractivity contribution in [2.75, 3.05) is 14.1 Å². The van der Waals surface area contributed by atoms with E-state index in [4.69, 9.17) is 0 Å². The van der Waals surface area contributed by atoms with Gasteiger partial charge in [-0.25, -0.2) is 9.99 Å². The Morgan fingerprint density at radius 3 is 2.91 bits per heavy atom. The molecule has 2 aromatic heterocycles. The van der Waals surface area contributed by atoms with Crippen LogP contribution in [0.15, 0.2) is 45.3 Å². The first-order valence-corrected chi connectivity index (χ1v) is 8.15. The number of carbonyl (C=O) groups excluding carboxylic acids is 1. The highest BCUT2D eigenvalue weighted by Gasteiger charge is 2.28. The molecule has 3 heterocycles. The van der Waals surface area contributed by atoms with Gasteiger partial charge in [0.1, 0.15) is 17.0 Å². The number of hydrogen-bond donors (Lipinski definition) is 0. The molecule has 0 aliphatic carbocycles. The van der Waals surface area contributed by atoms with Gasteiger partial charge in [0.15, 0.2) is 5.78 Å². The van der Waals surface area contributed by atoms with E-state index in [-0.39, 0.29) is 5.78 Å². The number of nitrogens with zero attached hydrogens (tertiary/aromatic N) is 5. The Bertz CT molecular complexity index is 776. The van der Waals surface area contributed by atoms with Crippen molar-refractivity contribution in [3.05, 3.63) is 35.8 Å². The Morgan fingerprint density at radius 2 is 2.27 bits per heavy atom. The molecule has 1 aliphatic rings. The molecule has 3 rings (SSSR count). The first-order valence-electron chi connectivity index (χ1n) is 6.97. The summed E-state index contributed by atoms with van der Waals surface area (Å²) in [4.78, 5) is 21.6. The molecule has 0 N–H and O–H groups in total. The van der Waals surface area contributed by atoms with Gasteiger partial charge in [-0.1, -0.05) is 6.92 Å². The molecule has 1 atom stereocenters. The van der Waals surface area contributed by atoms with Gasteiger partial charge in [-0.05, 0) is 12.1 Å². The van der Waals surface area contributed by atoms with Gasteiger partial charge >= 0.3 is 0 Å². The van der Waals surface area contributed by atoms with Gasteiger partial charge in [-0.2, -0.15) is 4.47 Å². The lowest BCUT2D eigenvalue weighted by Crippen LogP contribution is -2.10. The van der Waals surface area contributed by atoms with Gasteiger partial charge in [0, 0.05) is 55.4 Å². The van der Waals surface area contributed by atoms with Gasteiger partial charge in [0.25, 0.3) is 0 Å². The van der Waals surface area contributed by atoms with E-state index in [2.05, 4.69) is 14.4 Å². The fourth-order valence-electron chi connectivity index (χ4n) is 2.21. The van der Waals surface area contributed by atoms with Crippen molar-refractivity contribution in [2.24, 2.45) is 4.47 Å². The van der Waals surface area contributed by atoms with E-state index < -0.39 is 10.7 Å². The quantitative estimate of drug-likeness (QED) is 0.813.